The van der Waals surface area contributed by atoms with E-state index in [1.54, 1.807) is 0 Å². The summed E-state index contributed by atoms with van der Waals surface area (Å²) >= 11 is 9.76. The molecule has 2 rings (SSSR count). The number of nitrogens with one attached hydrogen (secondary N) is 1. The van der Waals surface area contributed by atoms with Crippen molar-refractivity contribution in [2.45, 2.75) is 20.4 Å². The Balaban J connectivity index is 1.98. The lowest BCUT2D eigenvalue weighted by atomic mass is 10.1. The molecular weight excluding hydrogens is 376 g/mol. The summed E-state index contributed by atoms with van der Waals surface area (Å²) in [6, 6.07) is 11.9. The zero-order chi connectivity index (χ0) is 17.0. The van der Waals surface area contributed by atoms with Gasteiger partial charge in [-0.3, -0.25) is 9.69 Å². The molecule has 0 atom stereocenters. The van der Waals surface area contributed by atoms with Crippen molar-refractivity contribution in [3.63, 3.8) is 0 Å². The second kappa shape index (κ2) is 7.95. The number of nitrogens with zero attached hydrogens (tertiary/aromatic N) is 1. The van der Waals surface area contributed by atoms with Gasteiger partial charge in [0.15, 0.2) is 0 Å². The largest absolute Gasteiger partial charge is 0.323 e. The van der Waals surface area contributed by atoms with Crippen LogP contribution in [0.25, 0.3) is 0 Å². The third kappa shape index (κ3) is 5.06. The Kier molecular flexibility index (Phi) is 6.22. The molecular formula is C18H20BrClN2O. The Morgan fingerprint density at radius 2 is 1.96 bits per heavy atom. The highest BCUT2D eigenvalue weighted by molar-refractivity contribution is 9.10. The molecule has 0 unspecified atom stereocenters. The molecule has 0 fully saturated rings. The molecule has 0 saturated carbocycles. The summed E-state index contributed by atoms with van der Waals surface area (Å²) in [5.41, 5.74) is 3.89. The van der Waals surface area contributed by atoms with E-state index >= 15 is 0 Å². The highest BCUT2D eigenvalue weighted by Crippen LogP contribution is 2.27. The van der Waals surface area contributed by atoms with Crippen LogP contribution in [0, 0.1) is 13.8 Å². The third-order valence-corrected chi connectivity index (χ3v) is 4.58. The minimum atomic E-state index is -0.0755. The SMILES string of the molecule is Cc1cc(C)c(NC(=O)CN(C)Cc2ccccc2Br)c(Cl)c1. The maximum atomic E-state index is 12.3. The lowest BCUT2D eigenvalue weighted by Crippen LogP contribution is -2.30. The maximum absolute atomic E-state index is 12.3. The van der Waals surface area contributed by atoms with E-state index in [-0.39, 0.29) is 5.91 Å². The number of carbonyl (C=O) groups excluding carboxylic acids is 1. The summed E-state index contributed by atoms with van der Waals surface area (Å²) in [6.45, 7) is 4.91. The molecule has 2 aromatic carbocycles. The molecule has 5 heteroatoms. The zero-order valence-electron chi connectivity index (χ0n) is 13.5. The summed E-state index contributed by atoms with van der Waals surface area (Å²) in [7, 11) is 1.92. The summed E-state index contributed by atoms with van der Waals surface area (Å²) in [4.78, 5) is 14.2. The number of likely N-dealkylation sites (N-methyl/N-ethyl adjacent to an activating group) is 1. The van der Waals surface area contributed by atoms with Crippen LogP contribution in [0.3, 0.4) is 0 Å². The van der Waals surface area contributed by atoms with Crippen LogP contribution in [0.1, 0.15) is 16.7 Å². The predicted octanol–water partition coefficient (Wildman–Crippen LogP) is 4.79. The Hall–Kier alpha value is -1.36. The van der Waals surface area contributed by atoms with Gasteiger partial charge in [-0.2, -0.15) is 0 Å². The molecule has 0 aliphatic rings. The second-order valence-electron chi connectivity index (χ2n) is 5.75. The number of hydrogen-bond acceptors (Lipinski definition) is 2. The number of rotatable bonds is 5. The number of halogens is 2. The number of aryl methyl sites for hydroxylation is 2. The standard InChI is InChI=1S/C18H20BrClN2O/c1-12-8-13(2)18(16(20)9-12)21-17(23)11-22(3)10-14-6-4-5-7-15(14)19/h4-9H,10-11H2,1-3H3,(H,21,23). The molecule has 0 bridgehead atoms. The van der Waals surface area contributed by atoms with Crippen molar-refractivity contribution >= 4 is 39.1 Å². The molecule has 0 spiro atoms. The van der Waals surface area contributed by atoms with Crippen LogP contribution in [0.5, 0.6) is 0 Å². The normalized spacial score (nSPS) is 10.9. The van der Waals surface area contributed by atoms with Crippen molar-refractivity contribution in [3.05, 3.63) is 62.6 Å². The van der Waals surface area contributed by atoms with Crippen molar-refractivity contribution in [1.29, 1.82) is 0 Å². The van der Waals surface area contributed by atoms with Crippen LogP contribution >= 0.6 is 27.5 Å². The van der Waals surface area contributed by atoms with Gasteiger partial charge in [0, 0.05) is 11.0 Å². The molecule has 0 aromatic heterocycles. The van der Waals surface area contributed by atoms with Gasteiger partial charge in [-0.15, -0.1) is 0 Å². The van der Waals surface area contributed by atoms with E-state index in [1.165, 1.54) is 0 Å². The van der Waals surface area contributed by atoms with Crippen LogP contribution in [0.15, 0.2) is 40.9 Å². The van der Waals surface area contributed by atoms with E-state index in [2.05, 4.69) is 21.2 Å². The first-order valence-corrected chi connectivity index (χ1v) is 8.52. The third-order valence-electron chi connectivity index (χ3n) is 3.51. The summed E-state index contributed by atoms with van der Waals surface area (Å²) < 4.78 is 1.05. The molecule has 2 aromatic rings. The lowest BCUT2D eigenvalue weighted by Gasteiger charge is -2.18. The smallest absolute Gasteiger partial charge is 0.238 e. The fourth-order valence-electron chi connectivity index (χ4n) is 2.47. The van der Waals surface area contributed by atoms with Gasteiger partial charge in [-0.25, -0.2) is 0 Å². The second-order valence-corrected chi connectivity index (χ2v) is 7.01. The number of amides is 1. The van der Waals surface area contributed by atoms with Crippen LogP contribution in [0.2, 0.25) is 5.02 Å². The number of benzene rings is 2. The van der Waals surface area contributed by atoms with E-state index in [4.69, 9.17) is 11.6 Å². The summed E-state index contributed by atoms with van der Waals surface area (Å²) in [5, 5.41) is 3.49. The van der Waals surface area contributed by atoms with Crippen LogP contribution in [-0.2, 0) is 11.3 Å². The maximum Gasteiger partial charge on any atom is 0.238 e. The van der Waals surface area contributed by atoms with E-state index in [9.17, 15) is 4.79 Å². The van der Waals surface area contributed by atoms with Gasteiger partial charge in [0.2, 0.25) is 5.91 Å². The summed E-state index contributed by atoms with van der Waals surface area (Å²) in [6.07, 6.45) is 0. The average molecular weight is 396 g/mol. The zero-order valence-corrected chi connectivity index (χ0v) is 15.8. The Morgan fingerprint density at radius 3 is 2.61 bits per heavy atom. The highest BCUT2D eigenvalue weighted by Gasteiger charge is 2.12. The minimum Gasteiger partial charge on any atom is -0.323 e. The molecule has 23 heavy (non-hydrogen) atoms. The Bertz CT molecular complexity index is 695. The molecule has 0 radical (unpaired) electrons. The topological polar surface area (TPSA) is 32.3 Å². The van der Waals surface area contributed by atoms with Gasteiger partial charge in [0.05, 0.1) is 17.3 Å². The van der Waals surface area contributed by atoms with Crippen molar-refractivity contribution in [1.82, 2.24) is 4.90 Å². The number of carbonyl (C=O) groups is 1. The quantitative estimate of drug-likeness (QED) is 0.789. The first-order valence-electron chi connectivity index (χ1n) is 7.35. The molecule has 0 saturated heterocycles. The molecule has 0 aliphatic carbocycles. The number of anilines is 1. The molecule has 1 amide bonds. The van der Waals surface area contributed by atoms with Crippen LogP contribution in [0.4, 0.5) is 5.69 Å². The lowest BCUT2D eigenvalue weighted by molar-refractivity contribution is -0.117. The van der Waals surface area contributed by atoms with Crippen LogP contribution < -0.4 is 5.32 Å². The first-order chi connectivity index (χ1) is 10.9. The van der Waals surface area contributed by atoms with Crippen molar-refractivity contribution in [3.8, 4) is 0 Å². The van der Waals surface area contributed by atoms with Crippen molar-refractivity contribution < 1.29 is 4.79 Å². The van der Waals surface area contributed by atoms with Gasteiger partial charge < -0.3 is 5.32 Å². The Morgan fingerprint density at radius 1 is 1.26 bits per heavy atom. The molecule has 122 valence electrons. The molecule has 3 nitrogen and oxygen atoms in total. The van der Waals surface area contributed by atoms with E-state index in [1.807, 2.05) is 62.2 Å². The minimum absolute atomic E-state index is 0.0755. The van der Waals surface area contributed by atoms with Crippen molar-refractivity contribution in [2.24, 2.45) is 0 Å². The van der Waals surface area contributed by atoms with Gasteiger partial charge in [-0.1, -0.05) is 51.8 Å². The first kappa shape index (κ1) is 18.0. The van der Waals surface area contributed by atoms with Gasteiger partial charge >= 0.3 is 0 Å². The van der Waals surface area contributed by atoms with Crippen molar-refractivity contribution in [2.75, 3.05) is 18.9 Å². The fourth-order valence-corrected chi connectivity index (χ4v) is 3.25. The van der Waals surface area contributed by atoms with Gasteiger partial charge in [0.25, 0.3) is 0 Å². The van der Waals surface area contributed by atoms with E-state index in [0.29, 0.717) is 23.8 Å². The molecule has 0 aliphatic heterocycles. The number of hydrogen-bond donors (Lipinski definition) is 1. The molecule has 0 heterocycles. The average Bonchev–Trinajstić information content (AvgIpc) is 2.45. The predicted molar refractivity (Wildman–Crippen MR) is 100 cm³/mol. The summed E-state index contributed by atoms with van der Waals surface area (Å²) in [5.74, 6) is -0.0755. The van der Waals surface area contributed by atoms with E-state index < -0.39 is 0 Å². The van der Waals surface area contributed by atoms with E-state index in [0.717, 1.165) is 21.2 Å². The molecule has 1 N–H and O–H groups in total. The monoisotopic (exact) mass is 394 g/mol. The highest BCUT2D eigenvalue weighted by atomic mass is 79.9. The van der Waals surface area contributed by atoms with Gasteiger partial charge in [0.1, 0.15) is 0 Å². The van der Waals surface area contributed by atoms with Crippen LogP contribution in [-0.4, -0.2) is 24.4 Å². The fraction of sp³-hybridized carbons (Fsp3) is 0.278. The Labute approximate surface area is 150 Å². The van der Waals surface area contributed by atoms with Gasteiger partial charge in [-0.05, 0) is 49.7 Å².